The number of carbonyl (C=O) groups excluding carboxylic acids is 1. The molecule has 11 heteroatoms. The quantitative estimate of drug-likeness (QED) is 0.0149. The molecule has 0 bridgehead atoms. The van der Waals surface area contributed by atoms with Crippen LogP contribution < -0.4 is 14.2 Å². The van der Waals surface area contributed by atoms with Crippen molar-refractivity contribution in [1.82, 2.24) is 0 Å². The van der Waals surface area contributed by atoms with Gasteiger partial charge in [0, 0.05) is 12.7 Å². The van der Waals surface area contributed by atoms with Gasteiger partial charge in [0.15, 0.2) is 26.7 Å². The molecule has 11 nitrogen and oxygen atoms in total. The van der Waals surface area contributed by atoms with Gasteiger partial charge in [-0.2, -0.15) is 0 Å². The summed E-state index contributed by atoms with van der Waals surface area (Å²) in [7, 11) is 0. The number of aliphatic hydroxyl groups is 2. The van der Waals surface area contributed by atoms with Crippen LogP contribution in [-0.2, 0) is 48.0 Å². The molecule has 0 fully saturated rings. The Kier molecular flexibility index (Phi) is 35.0. The van der Waals surface area contributed by atoms with Gasteiger partial charge in [0.2, 0.25) is 0 Å². The Morgan fingerprint density at radius 1 is 0.650 bits per heavy atom. The molecule has 4 aromatic rings. The Balaban J connectivity index is 0.000000822. The highest BCUT2D eigenvalue weighted by Crippen LogP contribution is 2.15. The highest BCUT2D eigenvalue weighted by molar-refractivity contribution is 5.81. The van der Waals surface area contributed by atoms with Gasteiger partial charge in [-0.25, -0.2) is 14.6 Å². The molecule has 0 saturated heterocycles. The van der Waals surface area contributed by atoms with Crippen LogP contribution in [0.3, 0.4) is 0 Å². The van der Waals surface area contributed by atoms with Gasteiger partial charge in [-0.1, -0.05) is 98.3 Å². The number of unbranched alkanes of at least 4 members (excludes halogenated alkanes) is 1. The molecule has 0 spiro atoms. The average molecular weight is 835 g/mol. The van der Waals surface area contributed by atoms with Gasteiger partial charge in [0.05, 0.1) is 13.2 Å². The number of rotatable bonds is 22. The predicted octanol–water partition coefficient (Wildman–Crippen LogP) is 10.1. The summed E-state index contributed by atoms with van der Waals surface area (Å²) in [6.45, 7) is 22.3. The van der Waals surface area contributed by atoms with Crippen molar-refractivity contribution in [3.63, 3.8) is 0 Å². The summed E-state index contributed by atoms with van der Waals surface area (Å²) in [4.78, 5) is 18.4. The first-order valence-corrected chi connectivity index (χ1v) is 20.4. The van der Waals surface area contributed by atoms with Crippen LogP contribution >= 0.6 is 0 Å². The van der Waals surface area contributed by atoms with Crippen molar-refractivity contribution >= 4 is 5.97 Å². The summed E-state index contributed by atoms with van der Waals surface area (Å²) in [6, 6.07) is 32.6. The SMILES string of the molecule is C=CC(=O)OCC.C=CCOOCO.CCOc1ccc(C)cc1.CCc1ccc(CCCCOCOC(C)Oc2ccc(C)cc2)cc1.CCc1ccc(OCO)cc1. The van der Waals surface area contributed by atoms with Crippen LogP contribution in [0, 0.1) is 13.8 Å². The largest absolute Gasteiger partial charge is 0.494 e. The van der Waals surface area contributed by atoms with Gasteiger partial charge in [-0.3, -0.25) is 0 Å². The van der Waals surface area contributed by atoms with Crippen molar-refractivity contribution in [2.75, 3.05) is 46.8 Å². The molecule has 0 aliphatic carbocycles. The summed E-state index contributed by atoms with van der Waals surface area (Å²) < 4.78 is 31.3. The van der Waals surface area contributed by atoms with Crippen LogP contribution in [0.4, 0.5) is 0 Å². The zero-order valence-electron chi connectivity index (χ0n) is 36.9. The van der Waals surface area contributed by atoms with Crippen molar-refractivity contribution in [1.29, 1.82) is 0 Å². The molecule has 1 atom stereocenters. The molecule has 4 aromatic carbocycles. The minimum absolute atomic E-state index is 0.258. The van der Waals surface area contributed by atoms with E-state index in [1.54, 1.807) is 6.92 Å². The van der Waals surface area contributed by atoms with E-state index in [1.165, 1.54) is 33.9 Å². The number of benzene rings is 4. The monoisotopic (exact) mass is 834 g/mol. The van der Waals surface area contributed by atoms with Crippen molar-refractivity contribution in [2.24, 2.45) is 0 Å². The first-order valence-electron chi connectivity index (χ1n) is 20.4. The third-order valence-corrected chi connectivity index (χ3v) is 7.81. The maximum absolute atomic E-state index is 10.1. The van der Waals surface area contributed by atoms with E-state index in [9.17, 15) is 4.79 Å². The lowest BCUT2D eigenvalue weighted by Crippen LogP contribution is -2.18. The summed E-state index contributed by atoms with van der Waals surface area (Å²) >= 11 is 0. The smallest absolute Gasteiger partial charge is 0.330 e. The first kappa shape index (κ1) is 55.0. The lowest BCUT2D eigenvalue weighted by molar-refractivity contribution is -0.321. The Morgan fingerprint density at radius 2 is 1.17 bits per heavy atom. The molecular weight excluding hydrogens is 765 g/mol. The third kappa shape index (κ3) is 31.0. The molecular formula is C49H70O11. The molecule has 4 rings (SSSR count). The Bertz CT molecular complexity index is 1590. The molecule has 0 aromatic heterocycles. The zero-order valence-corrected chi connectivity index (χ0v) is 36.9. The number of aliphatic hydroxyl groups excluding tert-OH is 2. The van der Waals surface area contributed by atoms with Gasteiger partial charge in [0.25, 0.3) is 0 Å². The number of hydrogen-bond donors (Lipinski definition) is 2. The summed E-state index contributed by atoms with van der Waals surface area (Å²) in [5.41, 5.74) is 6.55. The fourth-order valence-corrected chi connectivity index (χ4v) is 4.55. The van der Waals surface area contributed by atoms with E-state index in [0.29, 0.717) is 25.6 Å². The van der Waals surface area contributed by atoms with Crippen molar-refractivity contribution in [3.05, 3.63) is 150 Å². The van der Waals surface area contributed by atoms with E-state index in [-0.39, 0.29) is 25.8 Å². The highest BCUT2D eigenvalue weighted by atomic mass is 17.2. The van der Waals surface area contributed by atoms with E-state index in [4.69, 9.17) is 33.9 Å². The fraction of sp³-hybridized carbons (Fsp3) is 0.408. The summed E-state index contributed by atoms with van der Waals surface area (Å²) in [5, 5.41) is 16.3. The van der Waals surface area contributed by atoms with Crippen molar-refractivity contribution in [3.8, 4) is 17.2 Å². The van der Waals surface area contributed by atoms with E-state index in [2.05, 4.69) is 79.6 Å². The van der Waals surface area contributed by atoms with Crippen LogP contribution in [0.2, 0.25) is 0 Å². The predicted molar refractivity (Wildman–Crippen MR) is 239 cm³/mol. The molecule has 0 saturated carbocycles. The van der Waals surface area contributed by atoms with Gasteiger partial charge in [-0.05, 0) is 120 Å². The fourth-order valence-electron chi connectivity index (χ4n) is 4.55. The topological polar surface area (TPSA) is 131 Å². The second kappa shape index (κ2) is 38.2. The van der Waals surface area contributed by atoms with E-state index in [0.717, 1.165) is 56.3 Å². The Morgan fingerprint density at radius 3 is 1.63 bits per heavy atom. The molecule has 0 heterocycles. The minimum atomic E-state index is -0.409. The van der Waals surface area contributed by atoms with Crippen LogP contribution in [0.25, 0.3) is 0 Å². The maximum Gasteiger partial charge on any atom is 0.330 e. The van der Waals surface area contributed by atoms with E-state index >= 15 is 0 Å². The molecule has 60 heavy (non-hydrogen) atoms. The van der Waals surface area contributed by atoms with Crippen LogP contribution in [-0.4, -0.2) is 69.3 Å². The van der Waals surface area contributed by atoms with Crippen LogP contribution in [0.1, 0.15) is 75.3 Å². The number of esters is 1. The lowest BCUT2D eigenvalue weighted by atomic mass is 10.1. The molecule has 0 amide bonds. The minimum Gasteiger partial charge on any atom is -0.494 e. The van der Waals surface area contributed by atoms with Gasteiger partial charge in [-0.15, -0.1) is 6.58 Å². The average Bonchev–Trinajstić information content (AvgIpc) is 3.27. The molecule has 2 N–H and O–H groups in total. The number of ether oxygens (including phenoxy) is 6. The summed E-state index contributed by atoms with van der Waals surface area (Å²) in [6.07, 6.45) is 7.73. The summed E-state index contributed by atoms with van der Waals surface area (Å²) in [5.74, 6) is 2.12. The van der Waals surface area contributed by atoms with Crippen LogP contribution in [0.5, 0.6) is 17.2 Å². The van der Waals surface area contributed by atoms with E-state index < -0.39 is 6.79 Å². The number of carbonyl (C=O) groups is 1. The Labute approximate surface area is 359 Å². The second-order valence-corrected chi connectivity index (χ2v) is 12.6. The standard InChI is InChI=1S/C22H30O3.C9H12O2.C9H12O.C5H8O2.C4H8O3/c1-4-20-10-12-21(13-11-20)7-5-6-16-23-17-24-19(3)25-22-14-8-18(2)9-15-22;1-2-8-3-5-9(6-4-8)11-7-10;1-3-10-9-6-4-8(2)5-7-9;1-3-5(6)7-4-2;1-2-3-6-7-4-5/h8-15,19H,4-7,16-17H2,1-3H3;3-6,10H,2,7H2,1H3;4-7H,3H2,1-2H3;3H,1,4H2,2H3;2,5H,1,3-4H2. The van der Waals surface area contributed by atoms with Gasteiger partial charge >= 0.3 is 5.97 Å². The normalized spacial score (nSPS) is 10.3. The Hall–Kier alpha value is -5.01. The molecule has 0 radical (unpaired) electrons. The second-order valence-electron chi connectivity index (χ2n) is 12.6. The van der Waals surface area contributed by atoms with Gasteiger partial charge in [0.1, 0.15) is 23.9 Å². The number of hydrogen-bond acceptors (Lipinski definition) is 11. The molecule has 332 valence electrons. The molecule has 0 aliphatic rings. The van der Waals surface area contributed by atoms with E-state index in [1.807, 2.05) is 86.6 Å². The zero-order chi connectivity index (χ0) is 44.6. The lowest BCUT2D eigenvalue weighted by Gasteiger charge is -2.15. The number of aryl methyl sites for hydroxylation is 5. The molecule has 0 aliphatic heterocycles. The third-order valence-electron chi connectivity index (χ3n) is 7.81. The maximum atomic E-state index is 10.1. The highest BCUT2D eigenvalue weighted by Gasteiger charge is 2.04. The van der Waals surface area contributed by atoms with Crippen molar-refractivity contribution in [2.45, 2.75) is 86.9 Å². The van der Waals surface area contributed by atoms with Crippen molar-refractivity contribution < 1.29 is 53.2 Å². The van der Waals surface area contributed by atoms with Crippen LogP contribution in [0.15, 0.2) is 122 Å². The van der Waals surface area contributed by atoms with Gasteiger partial charge < -0.3 is 38.6 Å². The molecule has 1 unspecified atom stereocenters. The first-order chi connectivity index (χ1) is 29.1.